The second-order valence-corrected chi connectivity index (χ2v) is 5.91. The summed E-state index contributed by atoms with van der Waals surface area (Å²) in [7, 11) is 2.00. The zero-order valence-corrected chi connectivity index (χ0v) is 12.6. The molecule has 1 aromatic carbocycles. The number of nitrogens with two attached hydrogens (primary N) is 1. The molecule has 2 aromatic rings. The minimum Gasteiger partial charge on any atom is -0.328 e. The van der Waals surface area contributed by atoms with Crippen LogP contribution in [0.2, 0.25) is 0 Å². The predicted molar refractivity (Wildman–Crippen MR) is 81.3 cm³/mol. The van der Waals surface area contributed by atoms with Crippen LogP contribution in [0.5, 0.6) is 0 Å². The van der Waals surface area contributed by atoms with Crippen molar-refractivity contribution in [2.45, 2.75) is 37.1 Å². The van der Waals surface area contributed by atoms with Gasteiger partial charge in [-0.3, -0.25) is 4.68 Å². The first kappa shape index (κ1) is 14.2. The highest BCUT2D eigenvalue weighted by atomic mass is 32.2. The molecular weight excluding hydrogens is 254 g/mol. The second kappa shape index (κ2) is 6.26. The summed E-state index contributed by atoms with van der Waals surface area (Å²) in [6, 6.07) is 10.7. The summed E-state index contributed by atoms with van der Waals surface area (Å²) in [4.78, 5) is 0. The standard InChI is InChI=1S/C15H21N3S/c1-11(16)9-14-12(2)17-18(3)15(14)19-10-13-7-5-4-6-8-13/h4-8,11H,9-10,16H2,1-3H3. The van der Waals surface area contributed by atoms with Gasteiger partial charge >= 0.3 is 0 Å². The molecule has 1 atom stereocenters. The molecule has 0 fully saturated rings. The minimum atomic E-state index is 0.166. The first-order valence-electron chi connectivity index (χ1n) is 6.52. The van der Waals surface area contributed by atoms with Crippen molar-refractivity contribution >= 4 is 11.8 Å². The molecule has 2 N–H and O–H groups in total. The number of nitrogens with zero attached hydrogens (tertiary/aromatic N) is 2. The molecule has 0 aliphatic rings. The molecular formula is C15H21N3S. The van der Waals surface area contributed by atoms with Crippen molar-refractivity contribution in [1.82, 2.24) is 9.78 Å². The number of benzene rings is 1. The fourth-order valence-electron chi connectivity index (χ4n) is 2.14. The molecule has 3 nitrogen and oxygen atoms in total. The lowest BCUT2D eigenvalue weighted by Gasteiger charge is -2.08. The van der Waals surface area contributed by atoms with Crippen LogP contribution in [0.15, 0.2) is 35.4 Å². The number of hydrogen-bond acceptors (Lipinski definition) is 3. The predicted octanol–water partition coefficient (Wildman–Crippen LogP) is 2.91. The van der Waals surface area contributed by atoms with Crippen LogP contribution in [0.1, 0.15) is 23.7 Å². The van der Waals surface area contributed by atoms with E-state index in [0.717, 1.165) is 17.9 Å². The highest BCUT2D eigenvalue weighted by Gasteiger charge is 2.15. The SMILES string of the molecule is Cc1nn(C)c(SCc2ccccc2)c1CC(C)N. The van der Waals surface area contributed by atoms with Crippen LogP contribution in [0, 0.1) is 6.92 Å². The molecule has 19 heavy (non-hydrogen) atoms. The Labute approximate surface area is 119 Å². The molecule has 0 saturated carbocycles. The Morgan fingerprint density at radius 3 is 2.63 bits per heavy atom. The van der Waals surface area contributed by atoms with Gasteiger partial charge in [-0.2, -0.15) is 5.10 Å². The first-order chi connectivity index (χ1) is 9.08. The largest absolute Gasteiger partial charge is 0.328 e. The minimum absolute atomic E-state index is 0.166. The normalized spacial score (nSPS) is 12.6. The number of aryl methyl sites for hydroxylation is 2. The van der Waals surface area contributed by atoms with Gasteiger partial charge in [0, 0.05) is 24.4 Å². The van der Waals surface area contributed by atoms with Crippen LogP contribution in [0.4, 0.5) is 0 Å². The van der Waals surface area contributed by atoms with Gasteiger partial charge in [0.05, 0.1) is 10.7 Å². The Hall–Kier alpha value is -1.26. The number of rotatable bonds is 5. The lowest BCUT2D eigenvalue weighted by molar-refractivity contribution is 0.677. The molecule has 1 heterocycles. The van der Waals surface area contributed by atoms with Gasteiger partial charge in [-0.15, -0.1) is 11.8 Å². The molecule has 2 rings (SSSR count). The second-order valence-electron chi connectivity index (χ2n) is 4.95. The average molecular weight is 275 g/mol. The molecule has 0 saturated heterocycles. The van der Waals surface area contributed by atoms with Crippen LogP contribution in [-0.2, 0) is 19.2 Å². The topological polar surface area (TPSA) is 43.8 Å². The molecule has 102 valence electrons. The maximum absolute atomic E-state index is 5.93. The van der Waals surface area contributed by atoms with Crippen molar-refractivity contribution in [2.24, 2.45) is 12.8 Å². The maximum atomic E-state index is 5.93. The molecule has 4 heteroatoms. The van der Waals surface area contributed by atoms with E-state index in [2.05, 4.69) is 36.3 Å². The Morgan fingerprint density at radius 2 is 2.00 bits per heavy atom. The monoisotopic (exact) mass is 275 g/mol. The van der Waals surface area contributed by atoms with Gasteiger partial charge in [0.25, 0.3) is 0 Å². The van der Waals surface area contributed by atoms with Crippen LogP contribution >= 0.6 is 11.8 Å². The average Bonchev–Trinajstić information content (AvgIpc) is 2.63. The Balaban J connectivity index is 2.15. The number of thioether (sulfide) groups is 1. The van der Waals surface area contributed by atoms with E-state index in [9.17, 15) is 0 Å². The molecule has 0 aliphatic carbocycles. The van der Waals surface area contributed by atoms with Gasteiger partial charge in [-0.25, -0.2) is 0 Å². The van der Waals surface area contributed by atoms with Crippen molar-refractivity contribution in [3.63, 3.8) is 0 Å². The van der Waals surface area contributed by atoms with E-state index in [-0.39, 0.29) is 6.04 Å². The molecule has 0 bridgehead atoms. The summed E-state index contributed by atoms with van der Waals surface area (Å²) in [5.74, 6) is 0.964. The van der Waals surface area contributed by atoms with Gasteiger partial charge in [-0.1, -0.05) is 30.3 Å². The fourth-order valence-corrected chi connectivity index (χ4v) is 3.27. The molecule has 0 spiro atoms. The summed E-state index contributed by atoms with van der Waals surface area (Å²) < 4.78 is 1.97. The summed E-state index contributed by atoms with van der Waals surface area (Å²) in [5, 5.41) is 5.75. The molecule has 1 aromatic heterocycles. The molecule has 0 radical (unpaired) electrons. The Morgan fingerprint density at radius 1 is 1.32 bits per heavy atom. The molecule has 0 aliphatic heterocycles. The third kappa shape index (κ3) is 3.61. The van der Waals surface area contributed by atoms with Crippen molar-refractivity contribution < 1.29 is 0 Å². The zero-order valence-electron chi connectivity index (χ0n) is 11.8. The molecule has 0 amide bonds. The van der Waals surface area contributed by atoms with Crippen molar-refractivity contribution in [1.29, 1.82) is 0 Å². The van der Waals surface area contributed by atoms with E-state index in [0.29, 0.717) is 0 Å². The zero-order chi connectivity index (χ0) is 13.8. The van der Waals surface area contributed by atoms with E-state index in [4.69, 9.17) is 5.73 Å². The lowest BCUT2D eigenvalue weighted by atomic mass is 10.1. The van der Waals surface area contributed by atoms with Crippen molar-refractivity contribution in [3.05, 3.63) is 47.2 Å². The van der Waals surface area contributed by atoms with Crippen LogP contribution < -0.4 is 5.73 Å². The Kier molecular flexibility index (Phi) is 4.66. The fraction of sp³-hybridized carbons (Fsp3) is 0.400. The van der Waals surface area contributed by atoms with Crippen molar-refractivity contribution in [3.8, 4) is 0 Å². The highest BCUT2D eigenvalue weighted by molar-refractivity contribution is 7.98. The quantitative estimate of drug-likeness (QED) is 0.853. The lowest BCUT2D eigenvalue weighted by Crippen LogP contribution is -2.18. The van der Waals surface area contributed by atoms with Crippen LogP contribution in [-0.4, -0.2) is 15.8 Å². The third-order valence-electron chi connectivity index (χ3n) is 3.03. The van der Waals surface area contributed by atoms with E-state index in [1.807, 2.05) is 36.5 Å². The maximum Gasteiger partial charge on any atom is 0.0975 e. The first-order valence-corrected chi connectivity index (χ1v) is 7.51. The molecule has 1 unspecified atom stereocenters. The van der Waals surface area contributed by atoms with Crippen LogP contribution in [0.3, 0.4) is 0 Å². The summed E-state index contributed by atoms with van der Waals surface area (Å²) in [6.45, 7) is 4.10. The third-order valence-corrected chi connectivity index (χ3v) is 4.30. The van der Waals surface area contributed by atoms with E-state index in [1.165, 1.54) is 16.2 Å². The number of aromatic nitrogens is 2. The van der Waals surface area contributed by atoms with Gasteiger partial charge in [0.15, 0.2) is 0 Å². The van der Waals surface area contributed by atoms with Gasteiger partial charge < -0.3 is 5.73 Å². The summed E-state index contributed by atoms with van der Waals surface area (Å²) in [6.07, 6.45) is 0.886. The summed E-state index contributed by atoms with van der Waals surface area (Å²) in [5.41, 5.74) is 9.65. The van der Waals surface area contributed by atoms with Gasteiger partial charge in [0.1, 0.15) is 0 Å². The van der Waals surface area contributed by atoms with Gasteiger partial charge in [0.2, 0.25) is 0 Å². The van der Waals surface area contributed by atoms with E-state index < -0.39 is 0 Å². The highest BCUT2D eigenvalue weighted by Crippen LogP contribution is 2.28. The smallest absolute Gasteiger partial charge is 0.0975 e. The van der Waals surface area contributed by atoms with Crippen molar-refractivity contribution in [2.75, 3.05) is 0 Å². The Bertz CT molecular complexity index is 532. The number of hydrogen-bond donors (Lipinski definition) is 1. The van der Waals surface area contributed by atoms with Crippen LogP contribution in [0.25, 0.3) is 0 Å². The van der Waals surface area contributed by atoms with Gasteiger partial charge in [-0.05, 0) is 25.8 Å². The van der Waals surface area contributed by atoms with E-state index in [1.54, 1.807) is 0 Å². The van der Waals surface area contributed by atoms with E-state index >= 15 is 0 Å². The summed E-state index contributed by atoms with van der Waals surface area (Å²) >= 11 is 1.83.